The molecule has 0 spiro atoms. The third-order valence-corrected chi connectivity index (χ3v) is 8.89. The molecule has 272 valence electrons. The van der Waals surface area contributed by atoms with Gasteiger partial charge in [0.1, 0.15) is 23.3 Å². The molecule has 14 nitrogen and oxygen atoms in total. The zero-order chi connectivity index (χ0) is 37.3. The second-order valence-electron chi connectivity index (χ2n) is 13.6. The number of nitrogens with zero attached hydrogens (tertiary/aromatic N) is 7. The van der Waals surface area contributed by atoms with Gasteiger partial charge in [-0.2, -0.15) is 9.65 Å². The molecule has 0 unspecified atom stereocenters. The van der Waals surface area contributed by atoms with Crippen molar-refractivity contribution in [1.82, 2.24) is 25.0 Å². The summed E-state index contributed by atoms with van der Waals surface area (Å²) in [6.07, 6.45) is -0.693. The minimum absolute atomic E-state index is 0.0490. The third-order valence-electron chi connectivity index (χ3n) is 8.37. The second-order valence-corrected chi connectivity index (χ2v) is 14.8. The number of phosphoric acid groups is 1. The van der Waals surface area contributed by atoms with Gasteiger partial charge >= 0.3 is 13.9 Å². The van der Waals surface area contributed by atoms with Crippen molar-refractivity contribution in [3.05, 3.63) is 70.7 Å². The lowest BCUT2D eigenvalue weighted by molar-refractivity contribution is 0.0593. The molecule has 1 atom stereocenters. The molecule has 1 aliphatic rings. The number of hydrogen-bond acceptors (Lipinski definition) is 10. The van der Waals surface area contributed by atoms with Crippen LogP contribution in [0, 0.1) is 36.5 Å². The summed E-state index contributed by atoms with van der Waals surface area (Å²) in [5.41, 5.74) is 0.825. The van der Waals surface area contributed by atoms with E-state index in [2.05, 4.69) is 36.2 Å². The van der Waals surface area contributed by atoms with Crippen molar-refractivity contribution in [3.8, 4) is 6.07 Å². The summed E-state index contributed by atoms with van der Waals surface area (Å²) in [6, 6.07) is 6.67. The lowest BCUT2D eigenvalue weighted by Gasteiger charge is -2.31. The zero-order valence-electron chi connectivity index (χ0n) is 28.6. The van der Waals surface area contributed by atoms with E-state index >= 15 is 0 Å². The van der Waals surface area contributed by atoms with Gasteiger partial charge in [0.15, 0.2) is 0 Å². The number of aromatic nitrogens is 5. The number of nitrogens with one attached hydrogen (secondary N) is 1. The van der Waals surface area contributed by atoms with Crippen LogP contribution in [0.4, 0.5) is 29.3 Å². The van der Waals surface area contributed by atoms with E-state index in [1.807, 2.05) is 20.8 Å². The van der Waals surface area contributed by atoms with E-state index in [9.17, 15) is 27.8 Å². The Kier molecular flexibility index (Phi) is 10.7. The highest BCUT2D eigenvalue weighted by Gasteiger charge is 2.54. The summed E-state index contributed by atoms with van der Waals surface area (Å²) >= 11 is 0. The Morgan fingerprint density at radius 2 is 1.94 bits per heavy atom. The molecule has 0 saturated heterocycles. The molecule has 4 aromatic rings. The molecular weight excluding hydrogens is 692 g/mol. The molecule has 1 fully saturated rings. The molecule has 51 heavy (non-hydrogen) atoms. The van der Waals surface area contributed by atoms with Gasteiger partial charge in [-0.05, 0) is 55.9 Å². The minimum atomic E-state index is -4.77. The van der Waals surface area contributed by atoms with Crippen molar-refractivity contribution < 1.29 is 41.6 Å². The molecule has 0 bridgehead atoms. The first-order valence-electron chi connectivity index (χ1n) is 16.0. The number of phosphoric ester groups is 1. The van der Waals surface area contributed by atoms with Crippen molar-refractivity contribution >= 4 is 36.2 Å². The highest BCUT2D eigenvalue weighted by molar-refractivity contribution is 7.46. The Morgan fingerprint density at radius 3 is 2.55 bits per heavy atom. The molecule has 0 radical (unpaired) electrons. The van der Waals surface area contributed by atoms with Crippen LogP contribution < -0.4 is 10.2 Å². The smallest absolute Gasteiger partial charge is 0.449 e. The van der Waals surface area contributed by atoms with Crippen LogP contribution in [0.1, 0.15) is 74.2 Å². The summed E-state index contributed by atoms with van der Waals surface area (Å²) in [6.45, 7) is 9.05. The Balaban J connectivity index is 1.70. The number of halogens is 3. The van der Waals surface area contributed by atoms with Gasteiger partial charge in [-0.25, -0.2) is 27.8 Å². The monoisotopic (exact) mass is 730 g/mol. The van der Waals surface area contributed by atoms with Gasteiger partial charge < -0.3 is 19.8 Å². The fourth-order valence-corrected chi connectivity index (χ4v) is 5.98. The quantitative estimate of drug-likeness (QED) is 0.0793. The molecular formula is C33H38F3N8O6P. The van der Waals surface area contributed by atoms with Crippen molar-refractivity contribution in [2.24, 2.45) is 5.41 Å². The number of carbonyl (C=O) groups is 1. The number of fused-ring (bicyclic) bond motifs is 1. The maximum atomic E-state index is 14.3. The highest BCUT2D eigenvalue weighted by atomic mass is 31.2. The minimum Gasteiger partial charge on any atom is -0.449 e. The number of nitriles is 1. The maximum Gasteiger partial charge on any atom is 0.469 e. The van der Waals surface area contributed by atoms with Crippen LogP contribution in [0.25, 0.3) is 10.9 Å². The van der Waals surface area contributed by atoms with Gasteiger partial charge in [-0.3, -0.25) is 14.4 Å². The molecule has 5 rings (SSSR count). The van der Waals surface area contributed by atoms with Crippen LogP contribution >= 0.6 is 7.82 Å². The number of carbonyl (C=O) groups excluding carboxylic acids is 1. The van der Waals surface area contributed by atoms with E-state index in [-0.39, 0.29) is 59.5 Å². The normalized spacial score (nSPS) is 14.7. The summed E-state index contributed by atoms with van der Waals surface area (Å²) < 4.78 is 64.9. The third kappa shape index (κ3) is 8.48. The standard InChI is InChI=1S/C33H38F3N8O6P/c1-19-13-22(14-24-27(19)38-16-21(15-37)28(24)39-18-32(3,4)5)44(31(45)49-11-6-12-50-51(46,47)48)29(23-7-8-26(34)40-20(23)2)25-17-43(42-41-25)33(9-10-33)30(35)36/h7-8,13-14,16-17,29-30H,6,9-12,18H2,1-5H3,(H,38,39)(H2,46,47,48)/t29-/m0/s1. The molecule has 0 aliphatic heterocycles. The van der Waals surface area contributed by atoms with Gasteiger partial charge in [0.25, 0.3) is 6.43 Å². The predicted octanol–water partition coefficient (Wildman–Crippen LogP) is 6.29. The van der Waals surface area contributed by atoms with Gasteiger partial charge in [-0.15, -0.1) is 5.10 Å². The number of benzene rings is 1. The largest absolute Gasteiger partial charge is 0.469 e. The Hall–Kier alpha value is -4.62. The Labute approximate surface area is 291 Å². The number of alkyl halides is 2. The van der Waals surface area contributed by atoms with Crippen molar-refractivity contribution in [2.75, 3.05) is 30.0 Å². The number of rotatable bonds is 13. The zero-order valence-corrected chi connectivity index (χ0v) is 29.5. The van der Waals surface area contributed by atoms with E-state index in [0.717, 1.165) is 10.7 Å². The highest BCUT2D eigenvalue weighted by Crippen LogP contribution is 2.48. The fraction of sp³-hybridized carbons (Fsp3) is 0.455. The van der Waals surface area contributed by atoms with E-state index < -0.39 is 44.5 Å². The van der Waals surface area contributed by atoms with Crippen molar-refractivity contribution in [2.45, 2.75) is 71.9 Å². The lowest BCUT2D eigenvalue weighted by atomic mass is 9.96. The van der Waals surface area contributed by atoms with Gasteiger partial charge in [0.2, 0.25) is 5.95 Å². The molecule has 3 aromatic heterocycles. The average Bonchev–Trinajstić information content (AvgIpc) is 3.71. The first kappa shape index (κ1) is 37.6. The van der Waals surface area contributed by atoms with E-state index in [0.29, 0.717) is 28.7 Å². The van der Waals surface area contributed by atoms with Crippen molar-refractivity contribution in [1.29, 1.82) is 5.26 Å². The molecule has 1 aliphatic carbocycles. The first-order valence-corrected chi connectivity index (χ1v) is 17.5. The number of pyridine rings is 2. The van der Waals surface area contributed by atoms with E-state index in [4.69, 9.17) is 14.5 Å². The van der Waals surface area contributed by atoms with Gasteiger partial charge in [-0.1, -0.05) is 32.1 Å². The molecule has 1 aromatic carbocycles. The number of ether oxygens (including phenoxy) is 1. The van der Waals surface area contributed by atoms with Crippen LogP contribution in [0.15, 0.2) is 36.7 Å². The van der Waals surface area contributed by atoms with Gasteiger partial charge in [0.05, 0.1) is 36.2 Å². The predicted molar refractivity (Wildman–Crippen MR) is 180 cm³/mol. The Morgan fingerprint density at radius 1 is 1.22 bits per heavy atom. The average molecular weight is 731 g/mol. The van der Waals surface area contributed by atoms with Crippen LogP contribution in [-0.2, 0) is 19.4 Å². The van der Waals surface area contributed by atoms with E-state index in [1.165, 1.54) is 30.3 Å². The molecule has 3 heterocycles. The summed E-state index contributed by atoms with van der Waals surface area (Å²) in [7, 11) is -4.77. The van der Waals surface area contributed by atoms with Gasteiger partial charge in [0, 0.05) is 41.5 Å². The van der Waals surface area contributed by atoms with Crippen LogP contribution in [0.2, 0.25) is 0 Å². The topological polar surface area (TPSA) is 189 Å². The van der Waals surface area contributed by atoms with E-state index in [1.54, 1.807) is 19.1 Å². The number of amides is 1. The molecule has 1 saturated carbocycles. The van der Waals surface area contributed by atoms with Crippen molar-refractivity contribution in [3.63, 3.8) is 0 Å². The summed E-state index contributed by atoms with van der Waals surface area (Å²) in [5.74, 6) is -0.793. The molecule has 3 N–H and O–H groups in total. The molecule has 1 amide bonds. The maximum absolute atomic E-state index is 14.3. The number of hydrogen-bond donors (Lipinski definition) is 3. The first-order chi connectivity index (χ1) is 23.9. The summed E-state index contributed by atoms with van der Waals surface area (Å²) in [4.78, 5) is 42.0. The number of aryl methyl sites for hydroxylation is 2. The van der Waals surface area contributed by atoms with Crippen LogP contribution in [-0.4, -0.2) is 67.0 Å². The Bertz CT molecular complexity index is 2020. The molecule has 18 heteroatoms. The SMILES string of the molecule is Cc1nc(F)ccc1[C@@H](c1cn(C2(C(F)F)CC2)nn1)N(C(=O)OCCCOP(=O)(O)O)c1cc(C)c2ncc(C#N)c(NCC(C)(C)C)c2c1. The fourth-order valence-electron chi connectivity index (χ4n) is 5.62. The van der Waals surface area contributed by atoms with Crippen LogP contribution in [0.3, 0.4) is 0 Å². The summed E-state index contributed by atoms with van der Waals surface area (Å²) in [5, 5.41) is 22.1. The van der Waals surface area contributed by atoms with Crippen LogP contribution in [0.5, 0.6) is 0 Å². The second kappa shape index (κ2) is 14.5. The lowest BCUT2D eigenvalue weighted by Crippen LogP contribution is -2.37. The number of anilines is 2.